The molecule has 0 saturated carbocycles. The highest BCUT2D eigenvalue weighted by Gasteiger charge is 2.16. The molecule has 4 heteroatoms. The van der Waals surface area contributed by atoms with Crippen LogP contribution in [0.5, 0.6) is 0 Å². The summed E-state index contributed by atoms with van der Waals surface area (Å²) in [5, 5.41) is 4.51. The Morgan fingerprint density at radius 2 is 1.65 bits per heavy atom. The van der Waals surface area contributed by atoms with E-state index in [1.54, 1.807) is 14.1 Å². The Bertz CT molecular complexity index is 835. The Morgan fingerprint density at radius 3 is 2.35 bits per heavy atom. The van der Waals surface area contributed by atoms with Crippen LogP contribution in [-0.4, -0.2) is 34.7 Å². The topological polar surface area (TPSA) is 38.1 Å². The van der Waals surface area contributed by atoms with E-state index in [2.05, 4.69) is 23.3 Å². The molecule has 4 nitrogen and oxygen atoms in total. The van der Waals surface area contributed by atoms with Gasteiger partial charge in [-0.2, -0.15) is 5.10 Å². The largest absolute Gasteiger partial charge is 0.343 e. The van der Waals surface area contributed by atoms with Crippen molar-refractivity contribution in [2.45, 2.75) is 6.92 Å². The number of carbonyl (C=O) groups is 1. The number of aryl methyl sites for hydroxylation is 1. The van der Waals surface area contributed by atoms with Gasteiger partial charge in [0.2, 0.25) is 0 Å². The summed E-state index contributed by atoms with van der Waals surface area (Å²) in [7, 11) is 3.46. The molecule has 3 aromatic rings. The lowest BCUT2D eigenvalue weighted by Gasteiger charge is -2.11. The molecule has 1 aromatic heterocycles. The van der Waals surface area contributed by atoms with Crippen molar-refractivity contribution in [3.63, 3.8) is 0 Å². The molecule has 2 aromatic carbocycles. The van der Waals surface area contributed by atoms with Crippen LogP contribution >= 0.6 is 0 Å². The van der Waals surface area contributed by atoms with E-state index in [0.29, 0.717) is 5.69 Å². The Labute approximate surface area is 136 Å². The van der Waals surface area contributed by atoms with E-state index in [1.165, 1.54) is 4.90 Å². The predicted octanol–water partition coefficient (Wildman–Crippen LogP) is 3.55. The second-order valence-electron chi connectivity index (χ2n) is 5.67. The summed E-state index contributed by atoms with van der Waals surface area (Å²) in [6, 6.07) is 20.1. The molecule has 0 spiro atoms. The highest BCUT2D eigenvalue weighted by molar-refractivity contribution is 5.92. The van der Waals surface area contributed by atoms with Crippen LogP contribution in [0.25, 0.3) is 16.8 Å². The molecule has 0 N–H and O–H groups in total. The molecule has 0 unspecified atom stereocenters. The maximum atomic E-state index is 12.1. The van der Waals surface area contributed by atoms with E-state index in [4.69, 9.17) is 0 Å². The Morgan fingerprint density at radius 1 is 1.00 bits per heavy atom. The van der Waals surface area contributed by atoms with E-state index in [9.17, 15) is 4.79 Å². The number of nitrogens with zero attached hydrogens (tertiary/aromatic N) is 3. The van der Waals surface area contributed by atoms with Crippen molar-refractivity contribution in [2.75, 3.05) is 14.1 Å². The quantitative estimate of drug-likeness (QED) is 0.742. The maximum Gasteiger partial charge on any atom is 0.273 e. The fourth-order valence-corrected chi connectivity index (χ4v) is 2.57. The molecule has 0 radical (unpaired) electrons. The van der Waals surface area contributed by atoms with Crippen molar-refractivity contribution in [1.82, 2.24) is 14.7 Å². The number of carbonyl (C=O) groups excluding carboxylic acids is 1. The molecule has 3 rings (SSSR count). The highest BCUT2D eigenvalue weighted by atomic mass is 16.2. The van der Waals surface area contributed by atoms with Gasteiger partial charge in [-0.15, -0.1) is 0 Å². The molecular formula is C19H19N3O. The third-order valence-corrected chi connectivity index (χ3v) is 3.73. The van der Waals surface area contributed by atoms with Gasteiger partial charge in [-0.1, -0.05) is 48.5 Å². The number of rotatable bonds is 3. The smallest absolute Gasteiger partial charge is 0.273 e. The van der Waals surface area contributed by atoms with Crippen LogP contribution in [0.15, 0.2) is 60.7 Å². The molecule has 0 aliphatic rings. The van der Waals surface area contributed by atoms with Crippen molar-refractivity contribution in [3.05, 3.63) is 72.1 Å². The molecule has 0 bridgehead atoms. The van der Waals surface area contributed by atoms with Gasteiger partial charge in [-0.3, -0.25) is 4.79 Å². The van der Waals surface area contributed by atoms with Crippen molar-refractivity contribution < 1.29 is 4.79 Å². The van der Waals surface area contributed by atoms with Gasteiger partial charge in [-0.25, -0.2) is 4.68 Å². The normalized spacial score (nSPS) is 10.6. The van der Waals surface area contributed by atoms with Gasteiger partial charge >= 0.3 is 0 Å². The molecule has 0 aliphatic carbocycles. The molecule has 0 atom stereocenters. The molecule has 1 amide bonds. The number of aromatic nitrogens is 2. The highest BCUT2D eigenvalue weighted by Crippen LogP contribution is 2.27. The predicted molar refractivity (Wildman–Crippen MR) is 91.8 cm³/mol. The van der Waals surface area contributed by atoms with Gasteiger partial charge in [-0.05, 0) is 24.6 Å². The van der Waals surface area contributed by atoms with Crippen LogP contribution in [0.2, 0.25) is 0 Å². The van der Waals surface area contributed by atoms with Crippen LogP contribution in [0.1, 0.15) is 16.2 Å². The molecule has 0 fully saturated rings. The van der Waals surface area contributed by atoms with Crippen molar-refractivity contribution >= 4 is 5.91 Å². The summed E-state index contributed by atoms with van der Waals surface area (Å²) in [6.07, 6.45) is 0. The lowest BCUT2D eigenvalue weighted by molar-refractivity contribution is 0.0821. The number of amides is 1. The Balaban J connectivity index is 2.12. The van der Waals surface area contributed by atoms with Gasteiger partial charge in [0.1, 0.15) is 0 Å². The Kier molecular flexibility index (Phi) is 3.98. The van der Waals surface area contributed by atoms with Gasteiger partial charge in [0.25, 0.3) is 5.91 Å². The summed E-state index contributed by atoms with van der Waals surface area (Å²) < 4.78 is 1.83. The average Bonchev–Trinajstić information content (AvgIpc) is 2.96. The van der Waals surface area contributed by atoms with E-state index in [0.717, 1.165) is 22.5 Å². The minimum absolute atomic E-state index is 0.0935. The summed E-state index contributed by atoms with van der Waals surface area (Å²) in [5.41, 5.74) is 4.56. The number of para-hydroxylation sites is 1. The molecule has 0 aliphatic heterocycles. The van der Waals surface area contributed by atoms with Gasteiger partial charge in [0, 0.05) is 25.4 Å². The third kappa shape index (κ3) is 2.88. The molecule has 0 saturated heterocycles. The zero-order valence-electron chi connectivity index (χ0n) is 13.5. The molecule has 116 valence electrons. The lowest BCUT2D eigenvalue weighted by atomic mass is 10.0. The number of hydrogen-bond acceptors (Lipinski definition) is 2. The van der Waals surface area contributed by atoms with Crippen LogP contribution in [0.4, 0.5) is 0 Å². The second kappa shape index (κ2) is 6.08. The standard InChI is InChI=1S/C19H19N3O/c1-14-13-17(19(23)21(2)3)20-22(14)18-12-8-7-11-16(18)15-9-5-4-6-10-15/h4-13H,1-3H3. The monoisotopic (exact) mass is 305 g/mol. The first-order chi connectivity index (χ1) is 11.1. The minimum Gasteiger partial charge on any atom is -0.343 e. The molecular weight excluding hydrogens is 286 g/mol. The van der Waals surface area contributed by atoms with Crippen LogP contribution in [0, 0.1) is 6.92 Å². The first-order valence-corrected chi connectivity index (χ1v) is 7.51. The zero-order valence-corrected chi connectivity index (χ0v) is 13.5. The minimum atomic E-state index is -0.0935. The second-order valence-corrected chi connectivity index (χ2v) is 5.67. The maximum absolute atomic E-state index is 12.1. The third-order valence-electron chi connectivity index (χ3n) is 3.73. The number of benzene rings is 2. The van der Waals surface area contributed by atoms with Gasteiger partial charge < -0.3 is 4.90 Å². The van der Waals surface area contributed by atoms with Crippen LogP contribution < -0.4 is 0 Å². The van der Waals surface area contributed by atoms with E-state index >= 15 is 0 Å². The zero-order chi connectivity index (χ0) is 16.4. The SMILES string of the molecule is Cc1cc(C(=O)N(C)C)nn1-c1ccccc1-c1ccccc1. The first-order valence-electron chi connectivity index (χ1n) is 7.51. The van der Waals surface area contributed by atoms with Gasteiger partial charge in [0.05, 0.1) is 5.69 Å². The fourth-order valence-electron chi connectivity index (χ4n) is 2.57. The lowest BCUT2D eigenvalue weighted by Crippen LogP contribution is -2.22. The summed E-state index contributed by atoms with van der Waals surface area (Å²) in [5.74, 6) is -0.0935. The van der Waals surface area contributed by atoms with E-state index in [1.807, 2.05) is 54.1 Å². The summed E-state index contributed by atoms with van der Waals surface area (Å²) in [6.45, 7) is 1.96. The summed E-state index contributed by atoms with van der Waals surface area (Å²) >= 11 is 0. The van der Waals surface area contributed by atoms with Crippen molar-refractivity contribution in [2.24, 2.45) is 0 Å². The van der Waals surface area contributed by atoms with E-state index < -0.39 is 0 Å². The van der Waals surface area contributed by atoms with Crippen LogP contribution in [-0.2, 0) is 0 Å². The van der Waals surface area contributed by atoms with Crippen molar-refractivity contribution in [3.8, 4) is 16.8 Å². The fraction of sp³-hybridized carbons (Fsp3) is 0.158. The molecule has 23 heavy (non-hydrogen) atoms. The molecule has 1 heterocycles. The number of hydrogen-bond donors (Lipinski definition) is 0. The van der Waals surface area contributed by atoms with Crippen LogP contribution in [0.3, 0.4) is 0 Å². The van der Waals surface area contributed by atoms with Gasteiger partial charge in [0.15, 0.2) is 5.69 Å². The summed E-state index contributed by atoms with van der Waals surface area (Å²) in [4.78, 5) is 13.7. The van der Waals surface area contributed by atoms with Crippen molar-refractivity contribution in [1.29, 1.82) is 0 Å². The average molecular weight is 305 g/mol. The Hall–Kier alpha value is -2.88. The first kappa shape index (κ1) is 15.0. The van der Waals surface area contributed by atoms with E-state index in [-0.39, 0.29) is 5.91 Å².